The number of fused-ring (bicyclic) bond motifs is 1. The van der Waals surface area contributed by atoms with Crippen LogP contribution in [0.2, 0.25) is 0 Å². The third kappa shape index (κ3) is 3.24. The van der Waals surface area contributed by atoms with Gasteiger partial charge in [0.1, 0.15) is 6.54 Å². The lowest BCUT2D eigenvalue weighted by atomic mass is 10.1. The lowest BCUT2D eigenvalue weighted by molar-refractivity contribution is -0.116. The van der Waals surface area contributed by atoms with Crippen LogP contribution in [0.15, 0.2) is 46.7 Å². The SMILES string of the molecule is Cc1ccccc1-c1nc2n(CC(=O)Nc3nccs3)c(C)cc(=O)n2n1. The van der Waals surface area contributed by atoms with Crippen molar-refractivity contribution in [3.05, 3.63) is 63.5 Å². The lowest BCUT2D eigenvalue weighted by Crippen LogP contribution is -2.25. The Morgan fingerprint density at radius 2 is 2.07 bits per heavy atom. The summed E-state index contributed by atoms with van der Waals surface area (Å²) < 4.78 is 2.89. The lowest BCUT2D eigenvalue weighted by Gasteiger charge is -2.10. The van der Waals surface area contributed by atoms with E-state index in [9.17, 15) is 9.59 Å². The van der Waals surface area contributed by atoms with Crippen molar-refractivity contribution in [2.45, 2.75) is 20.4 Å². The van der Waals surface area contributed by atoms with E-state index in [0.717, 1.165) is 11.1 Å². The molecule has 4 aromatic rings. The standard InChI is InChI=1S/C18H16N6O2S/c1-11-5-3-4-6-13(11)16-21-18-23(12(2)9-15(26)24(18)22-16)10-14(25)20-17-19-7-8-27-17/h3-9H,10H2,1-2H3,(H,19,20,25). The highest BCUT2D eigenvalue weighted by Gasteiger charge is 2.16. The number of carbonyl (C=O) groups excluding carboxylic acids is 1. The summed E-state index contributed by atoms with van der Waals surface area (Å²) in [6.07, 6.45) is 1.62. The fourth-order valence-electron chi connectivity index (χ4n) is 2.82. The maximum absolute atomic E-state index is 12.4. The first-order valence-corrected chi connectivity index (χ1v) is 9.13. The molecule has 27 heavy (non-hydrogen) atoms. The molecule has 0 unspecified atom stereocenters. The molecule has 4 rings (SSSR count). The number of anilines is 1. The first-order valence-electron chi connectivity index (χ1n) is 8.25. The number of aryl methyl sites for hydroxylation is 2. The normalized spacial score (nSPS) is 11.0. The molecule has 0 fully saturated rings. The molecule has 1 amide bonds. The number of thiazole rings is 1. The smallest absolute Gasteiger partial charge is 0.275 e. The van der Waals surface area contributed by atoms with Crippen molar-refractivity contribution >= 4 is 28.2 Å². The number of aromatic nitrogens is 5. The Labute approximate surface area is 158 Å². The van der Waals surface area contributed by atoms with Crippen molar-refractivity contribution in [3.8, 4) is 11.4 Å². The monoisotopic (exact) mass is 380 g/mol. The maximum atomic E-state index is 12.4. The fraction of sp³-hybridized carbons (Fsp3) is 0.167. The highest BCUT2D eigenvalue weighted by Crippen LogP contribution is 2.20. The Morgan fingerprint density at radius 3 is 2.81 bits per heavy atom. The van der Waals surface area contributed by atoms with Crippen LogP contribution in [0.5, 0.6) is 0 Å². The van der Waals surface area contributed by atoms with E-state index < -0.39 is 0 Å². The van der Waals surface area contributed by atoms with Gasteiger partial charge in [0, 0.05) is 28.9 Å². The molecule has 3 aromatic heterocycles. The molecule has 1 aromatic carbocycles. The third-order valence-corrected chi connectivity index (χ3v) is 4.85. The summed E-state index contributed by atoms with van der Waals surface area (Å²) in [5, 5.41) is 9.40. The maximum Gasteiger partial charge on any atom is 0.275 e. The van der Waals surface area contributed by atoms with Gasteiger partial charge < -0.3 is 9.88 Å². The average Bonchev–Trinajstić information content (AvgIpc) is 3.29. The summed E-state index contributed by atoms with van der Waals surface area (Å²) in [7, 11) is 0. The topological polar surface area (TPSA) is 94.2 Å². The number of rotatable bonds is 4. The van der Waals surface area contributed by atoms with Crippen LogP contribution in [0, 0.1) is 13.8 Å². The Kier molecular flexibility index (Phi) is 4.28. The quantitative estimate of drug-likeness (QED) is 0.586. The Bertz CT molecular complexity index is 1190. The molecule has 0 aliphatic carbocycles. The summed E-state index contributed by atoms with van der Waals surface area (Å²) >= 11 is 1.34. The summed E-state index contributed by atoms with van der Waals surface area (Å²) in [6, 6.07) is 9.13. The van der Waals surface area contributed by atoms with Crippen LogP contribution in [0.1, 0.15) is 11.3 Å². The Balaban J connectivity index is 1.77. The number of hydrogen-bond donors (Lipinski definition) is 1. The summed E-state index contributed by atoms with van der Waals surface area (Å²) in [5.74, 6) is 0.525. The second-order valence-electron chi connectivity index (χ2n) is 6.06. The van der Waals surface area contributed by atoms with Crippen LogP contribution >= 0.6 is 11.3 Å². The van der Waals surface area contributed by atoms with E-state index >= 15 is 0 Å². The summed E-state index contributed by atoms with van der Waals surface area (Å²) in [4.78, 5) is 33.3. The molecule has 0 aliphatic heterocycles. The second-order valence-corrected chi connectivity index (χ2v) is 6.95. The van der Waals surface area contributed by atoms with Crippen LogP contribution < -0.4 is 10.9 Å². The zero-order valence-corrected chi connectivity index (χ0v) is 15.5. The molecule has 0 spiro atoms. The van der Waals surface area contributed by atoms with Crippen LogP contribution in [-0.2, 0) is 11.3 Å². The largest absolute Gasteiger partial charge is 0.305 e. The van der Waals surface area contributed by atoms with Crippen molar-refractivity contribution in [3.63, 3.8) is 0 Å². The number of benzene rings is 1. The van der Waals surface area contributed by atoms with E-state index in [4.69, 9.17) is 0 Å². The first kappa shape index (κ1) is 17.1. The van der Waals surface area contributed by atoms with Crippen LogP contribution in [0.25, 0.3) is 17.2 Å². The molecule has 136 valence electrons. The number of amides is 1. The van der Waals surface area contributed by atoms with Crippen LogP contribution in [-0.4, -0.2) is 30.1 Å². The summed E-state index contributed by atoms with van der Waals surface area (Å²) in [5.41, 5.74) is 2.19. The van der Waals surface area contributed by atoms with E-state index in [-0.39, 0.29) is 18.0 Å². The van der Waals surface area contributed by atoms with E-state index in [2.05, 4.69) is 20.4 Å². The van der Waals surface area contributed by atoms with Gasteiger partial charge in [0.05, 0.1) is 0 Å². The Hall–Kier alpha value is -3.33. The molecule has 0 atom stereocenters. The summed E-state index contributed by atoms with van der Waals surface area (Å²) in [6.45, 7) is 3.72. The van der Waals surface area contributed by atoms with Crippen molar-refractivity contribution in [1.29, 1.82) is 0 Å². The highest BCUT2D eigenvalue weighted by atomic mass is 32.1. The number of carbonyl (C=O) groups is 1. The number of hydrogen-bond acceptors (Lipinski definition) is 6. The van der Waals surface area contributed by atoms with Gasteiger partial charge in [0.2, 0.25) is 11.7 Å². The van der Waals surface area contributed by atoms with E-state index in [0.29, 0.717) is 22.4 Å². The molecular formula is C18H16N6O2S. The van der Waals surface area contributed by atoms with Gasteiger partial charge in [-0.25, -0.2) is 4.98 Å². The van der Waals surface area contributed by atoms with Gasteiger partial charge in [0.15, 0.2) is 11.0 Å². The molecular weight excluding hydrogens is 364 g/mol. The van der Waals surface area contributed by atoms with Gasteiger partial charge in [0.25, 0.3) is 5.56 Å². The van der Waals surface area contributed by atoms with Gasteiger partial charge in [-0.2, -0.15) is 9.50 Å². The molecule has 8 nitrogen and oxygen atoms in total. The number of nitrogens with one attached hydrogen (secondary N) is 1. The minimum absolute atomic E-state index is 0.00109. The van der Waals surface area contributed by atoms with Crippen molar-refractivity contribution in [1.82, 2.24) is 24.1 Å². The molecule has 0 aliphatic rings. The number of nitrogens with zero attached hydrogens (tertiary/aromatic N) is 5. The molecule has 3 heterocycles. The van der Waals surface area contributed by atoms with Gasteiger partial charge >= 0.3 is 0 Å². The van der Waals surface area contributed by atoms with E-state index in [1.165, 1.54) is 21.9 Å². The fourth-order valence-corrected chi connectivity index (χ4v) is 3.37. The van der Waals surface area contributed by atoms with Crippen LogP contribution in [0.4, 0.5) is 5.13 Å². The molecule has 9 heteroatoms. The minimum atomic E-state index is -0.286. The van der Waals surface area contributed by atoms with Gasteiger partial charge in [-0.05, 0) is 19.4 Å². The highest BCUT2D eigenvalue weighted by molar-refractivity contribution is 7.13. The Morgan fingerprint density at radius 1 is 1.26 bits per heavy atom. The molecule has 0 bridgehead atoms. The van der Waals surface area contributed by atoms with Gasteiger partial charge in [-0.1, -0.05) is 24.3 Å². The van der Waals surface area contributed by atoms with E-state index in [1.807, 2.05) is 31.2 Å². The van der Waals surface area contributed by atoms with Crippen molar-refractivity contribution in [2.75, 3.05) is 5.32 Å². The molecule has 0 saturated heterocycles. The average molecular weight is 380 g/mol. The minimum Gasteiger partial charge on any atom is -0.305 e. The van der Waals surface area contributed by atoms with Crippen LogP contribution in [0.3, 0.4) is 0 Å². The van der Waals surface area contributed by atoms with Gasteiger partial charge in [-0.15, -0.1) is 16.4 Å². The first-order chi connectivity index (χ1) is 13.0. The molecule has 0 saturated carbocycles. The van der Waals surface area contributed by atoms with Crippen molar-refractivity contribution < 1.29 is 4.79 Å². The van der Waals surface area contributed by atoms with Gasteiger partial charge in [-0.3, -0.25) is 9.59 Å². The molecule has 1 N–H and O–H groups in total. The van der Waals surface area contributed by atoms with E-state index in [1.54, 1.807) is 23.1 Å². The van der Waals surface area contributed by atoms with Crippen molar-refractivity contribution in [2.24, 2.45) is 0 Å². The zero-order chi connectivity index (χ0) is 19.0. The predicted molar refractivity (Wildman–Crippen MR) is 103 cm³/mol. The second kappa shape index (κ2) is 6.76. The zero-order valence-electron chi connectivity index (χ0n) is 14.7. The predicted octanol–water partition coefficient (Wildman–Crippen LogP) is 2.27. The molecule has 0 radical (unpaired) electrons. The third-order valence-electron chi connectivity index (χ3n) is 4.16.